The van der Waals surface area contributed by atoms with E-state index in [2.05, 4.69) is 18.2 Å². The van der Waals surface area contributed by atoms with Crippen molar-refractivity contribution >= 4 is 6.09 Å². The molecule has 2 aromatic rings. The van der Waals surface area contributed by atoms with E-state index in [-0.39, 0.29) is 18.5 Å². The molecule has 1 amide bonds. The van der Waals surface area contributed by atoms with Crippen molar-refractivity contribution in [3.05, 3.63) is 54.1 Å². The SMILES string of the molecule is CC(C)(C)OC(=O)N1CCC(Oc2cccc(-c3cccc(C4OCCO4)c3)c2)C1. The van der Waals surface area contributed by atoms with E-state index in [1.807, 2.05) is 51.1 Å². The van der Waals surface area contributed by atoms with Crippen LogP contribution in [0.3, 0.4) is 0 Å². The van der Waals surface area contributed by atoms with Crippen LogP contribution in [0.2, 0.25) is 0 Å². The van der Waals surface area contributed by atoms with Gasteiger partial charge in [0.1, 0.15) is 17.5 Å². The van der Waals surface area contributed by atoms with E-state index in [9.17, 15) is 4.79 Å². The minimum atomic E-state index is -0.493. The number of nitrogens with zero attached hydrogens (tertiary/aromatic N) is 1. The molecule has 2 aliphatic rings. The summed E-state index contributed by atoms with van der Waals surface area (Å²) >= 11 is 0. The number of benzene rings is 2. The smallest absolute Gasteiger partial charge is 0.410 e. The van der Waals surface area contributed by atoms with Crippen LogP contribution in [0.15, 0.2) is 48.5 Å². The van der Waals surface area contributed by atoms with Gasteiger partial charge in [0, 0.05) is 18.5 Å². The van der Waals surface area contributed by atoms with Crippen LogP contribution >= 0.6 is 0 Å². The number of hydrogen-bond donors (Lipinski definition) is 0. The van der Waals surface area contributed by atoms with Gasteiger partial charge in [0.05, 0.1) is 19.8 Å². The van der Waals surface area contributed by atoms with Crippen molar-refractivity contribution < 1.29 is 23.7 Å². The van der Waals surface area contributed by atoms with Gasteiger partial charge in [0.2, 0.25) is 0 Å². The molecule has 2 aliphatic heterocycles. The predicted octanol–water partition coefficient (Wildman–Crippen LogP) is 4.79. The first-order valence-electron chi connectivity index (χ1n) is 10.5. The highest BCUT2D eigenvalue weighted by Gasteiger charge is 2.31. The molecule has 2 saturated heterocycles. The summed E-state index contributed by atoms with van der Waals surface area (Å²) in [6.07, 6.45) is 0.173. The molecule has 1 atom stereocenters. The highest BCUT2D eigenvalue weighted by atomic mass is 16.7. The Bertz CT molecular complexity index is 885. The maximum atomic E-state index is 12.3. The first-order valence-corrected chi connectivity index (χ1v) is 10.5. The number of rotatable bonds is 4. The van der Waals surface area contributed by atoms with Crippen LogP contribution in [-0.2, 0) is 14.2 Å². The molecule has 4 rings (SSSR count). The second-order valence-electron chi connectivity index (χ2n) is 8.68. The Balaban J connectivity index is 1.41. The third-order valence-electron chi connectivity index (χ3n) is 5.05. The summed E-state index contributed by atoms with van der Waals surface area (Å²) in [5.41, 5.74) is 2.67. The van der Waals surface area contributed by atoms with Crippen LogP contribution < -0.4 is 4.74 Å². The Morgan fingerprint density at radius 3 is 2.47 bits per heavy atom. The zero-order valence-electron chi connectivity index (χ0n) is 17.8. The lowest BCUT2D eigenvalue weighted by Crippen LogP contribution is -2.36. The van der Waals surface area contributed by atoms with Crippen LogP contribution in [0, 0.1) is 0 Å². The summed E-state index contributed by atoms with van der Waals surface area (Å²) in [5.74, 6) is 0.794. The lowest BCUT2D eigenvalue weighted by molar-refractivity contribution is -0.0440. The number of likely N-dealkylation sites (tertiary alicyclic amines) is 1. The lowest BCUT2D eigenvalue weighted by atomic mass is 10.0. The molecule has 0 aliphatic carbocycles. The summed E-state index contributed by atoms with van der Waals surface area (Å²) in [5, 5.41) is 0. The molecular weight excluding hydrogens is 382 g/mol. The quantitative estimate of drug-likeness (QED) is 0.724. The molecule has 0 N–H and O–H groups in total. The van der Waals surface area contributed by atoms with Crippen LogP contribution in [0.5, 0.6) is 5.75 Å². The maximum absolute atomic E-state index is 12.3. The third-order valence-corrected chi connectivity index (χ3v) is 5.05. The molecule has 6 nitrogen and oxygen atoms in total. The van der Waals surface area contributed by atoms with Gasteiger partial charge in [-0.1, -0.05) is 30.3 Å². The molecule has 160 valence electrons. The van der Waals surface area contributed by atoms with Gasteiger partial charge in [-0.3, -0.25) is 0 Å². The maximum Gasteiger partial charge on any atom is 0.410 e. The van der Waals surface area contributed by atoms with Crippen molar-refractivity contribution in [3.8, 4) is 16.9 Å². The molecule has 1 unspecified atom stereocenters. The topological polar surface area (TPSA) is 57.2 Å². The molecule has 0 bridgehead atoms. The van der Waals surface area contributed by atoms with E-state index in [0.29, 0.717) is 26.3 Å². The molecule has 0 spiro atoms. The molecule has 30 heavy (non-hydrogen) atoms. The fraction of sp³-hybridized carbons (Fsp3) is 0.458. The second-order valence-corrected chi connectivity index (χ2v) is 8.68. The Morgan fingerprint density at radius 1 is 1.03 bits per heavy atom. The van der Waals surface area contributed by atoms with E-state index in [1.54, 1.807) is 4.90 Å². The summed E-state index contributed by atoms with van der Waals surface area (Å²) in [7, 11) is 0. The normalized spacial score (nSPS) is 19.8. The predicted molar refractivity (Wildman–Crippen MR) is 113 cm³/mol. The molecule has 2 heterocycles. The van der Waals surface area contributed by atoms with Crippen LogP contribution in [0.4, 0.5) is 4.79 Å². The van der Waals surface area contributed by atoms with Gasteiger partial charge < -0.3 is 23.8 Å². The molecule has 2 aromatic carbocycles. The number of ether oxygens (including phenoxy) is 4. The summed E-state index contributed by atoms with van der Waals surface area (Å²) < 4.78 is 22.9. The number of hydrogen-bond acceptors (Lipinski definition) is 5. The number of carbonyl (C=O) groups excluding carboxylic acids is 1. The lowest BCUT2D eigenvalue weighted by Gasteiger charge is -2.24. The average molecular weight is 411 g/mol. The Kier molecular flexibility index (Phi) is 5.97. The second kappa shape index (κ2) is 8.66. The van der Waals surface area contributed by atoms with E-state index in [0.717, 1.165) is 28.9 Å². The van der Waals surface area contributed by atoms with E-state index >= 15 is 0 Å². The first kappa shape index (κ1) is 20.7. The minimum Gasteiger partial charge on any atom is -0.488 e. The molecule has 6 heteroatoms. The number of amides is 1. The molecule has 0 aromatic heterocycles. The average Bonchev–Trinajstić information content (AvgIpc) is 3.39. The standard InChI is InChI=1S/C24H29NO5/c1-24(2,3)30-23(26)25-11-10-21(16-25)29-20-9-5-7-18(15-20)17-6-4-8-19(14-17)22-27-12-13-28-22/h4-9,14-15,21-22H,10-13,16H2,1-3H3. The largest absolute Gasteiger partial charge is 0.488 e. The van der Waals surface area contributed by atoms with Gasteiger partial charge in [-0.25, -0.2) is 4.79 Å². The van der Waals surface area contributed by atoms with E-state index in [4.69, 9.17) is 18.9 Å². The van der Waals surface area contributed by atoms with Crippen molar-refractivity contribution in [2.45, 2.75) is 45.2 Å². The monoisotopic (exact) mass is 411 g/mol. The highest BCUT2D eigenvalue weighted by Crippen LogP contribution is 2.30. The van der Waals surface area contributed by atoms with E-state index < -0.39 is 5.60 Å². The molecule has 0 saturated carbocycles. The van der Waals surface area contributed by atoms with Crippen molar-refractivity contribution in [2.24, 2.45) is 0 Å². The summed E-state index contributed by atoms with van der Waals surface area (Å²) in [4.78, 5) is 14.0. The summed E-state index contributed by atoms with van der Waals surface area (Å²) in [6, 6.07) is 16.2. The number of carbonyl (C=O) groups is 1. The first-order chi connectivity index (χ1) is 14.4. The Labute approximate surface area is 177 Å². The van der Waals surface area contributed by atoms with Gasteiger partial charge in [-0.05, 0) is 50.1 Å². The van der Waals surface area contributed by atoms with Crippen LogP contribution in [0.25, 0.3) is 11.1 Å². The zero-order chi connectivity index (χ0) is 21.1. The summed E-state index contributed by atoms with van der Waals surface area (Å²) in [6.45, 7) is 8.05. The van der Waals surface area contributed by atoms with Gasteiger partial charge in [-0.2, -0.15) is 0 Å². The van der Waals surface area contributed by atoms with Crippen molar-refractivity contribution in [1.29, 1.82) is 0 Å². The van der Waals surface area contributed by atoms with Gasteiger partial charge in [0.25, 0.3) is 0 Å². The molecular formula is C24H29NO5. The van der Waals surface area contributed by atoms with Crippen LogP contribution in [-0.4, -0.2) is 49.0 Å². The molecule has 0 radical (unpaired) electrons. The fourth-order valence-corrected chi connectivity index (χ4v) is 3.67. The fourth-order valence-electron chi connectivity index (χ4n) is 3.67. The van der Waals surface area contributed by atoms with Gasteiger partial charge >= 0.3 is 6.09 Å². The van der Waals surface area contributed by atoms with Crippen molar-refractivity contribution in [1.82, 2.24) is 4.90 Å². The van der Waals surface area contributed by atoms with Gasteiger partial charge in [-0.15, -0.1) is 0 Å². The molecule has 2 fully saturated rings. The third kappa shape index (κ3) is 5.12. The van der Waals surface area contributed by atoms with E-state index in [1.165, 1.54) is 0 Å². The van der Waals surface area contributed by atoms with Gasteiger partial charge in [0.15, 0.2) is 6.29 Å². The van der Waals surface area contributed by atoms with Crippen LogP contribution in [0.1, 0.15) is 39.0 Å². The van der Waals surface area contributed by atoms with Crippen molar-refractivity contribution in [3.63, 3.8) is 0 Å². The minimum absolute atomic E-state index is 0.0422. The zero-order valence-corrected chi connectivity index (χ0v) is 17.8. The Hall–Kier alpha value is -2.57. The Morgan fingerprint density at radius 2 is 1.73 bits per heavy atom. The van der Waals surface area contributed by atoms with Crippen molar-refractivity contribution in [2.75, 3.05) is 26.3 Å². The highest BCUT2D eigenvalue weighted by molar-refractivity contribution is 5.68.